The molecule has 0 amide bonds. The average Bonchev–Trinajstić information content (AvgIpc) is 2.83. The van der Waals surface area contributed by atoms with Crippen molar-refractivity contribution in [1.29, 1.82) is 0 Å². The minimum atomic E-state index is 0.465. The van der Waals surface area contributed by atoms with Gasteiger partial charge in [-0.05, 0) is 0 Å². The Balaban J connectivity index is 2.07. The van der Waals surface area contributed by atoms with Crippen LogP contribution in [-0.2, 0) is 13.6 Å². The van der Waals surface area contributed by atoms with Crippen LogP contribution in [0, 0.1) is 0 Å². The maximum atomic E-state index is 4.32. The topological polar surface area (TPSA) is 58.5 Å². The molecule has 16 heavy (non-hydrogen) atoms. The molecule has 0 aliphatic heterocycles. The minimum absolute atomic E-state index is 0.465. The van der Waals surface area contributed by atoms with Gasteiger partial charge in [0.1, 0.15) is 5.82 Å². The van der Waals surface area contributed by atoms with Gasteiger partial charge in [-0.25, -0.2) is 4.98 Å². The van der Waals surface area contributed by atoms with Crippen LogP contribution in [0.2, 0.25) is 0 Å². The number of H-pyrrole nitrogens is 1. The van der Waals surface area contributed by atoms with Crippen molar-refractivity contribution in [3.63, 3.8) is 0 Å². The molecule has 5 heteroatoms. The van der Waals surface area contributed by atoms with E-state index in [1.54, 1.807) is 4.68 Å². The third-order valence-electron chi connectivity index (χ3n) is 2.32. The van der Waals surface area contributed by atoms with Gasteiger partial charge in [0.2, 0.25) is 0 Å². The third kappa shape index (κ3) is 2.49. The number of aryl methyl sites for hydroxylation is 1. The van der Waals surface area contributed by atoms with E-state index in [4.69, 9.17) is 0 Å². The number of rotatable bonds is 4. The molecule has 0 fully saturated rings. The normalized spacial score (nSPS) is 11.2. The number of nitrogens with zero attached hydrogens (tertiary/aromatic N) is 3. The zero-order chi connectivity index (χ0) is 11.5. The largest absolute Gasteiger partial charge is 0.341 e. The second-order valence-corrected chi connectivity index (χ2v) is 4.18. The van der Waals surface area contributed by atoms with Gasteiger partial charge in [0, 0.05) is 24.8 Å². The standard InChI is InChI=1S/C11H17N5/c1-8(2)12-6-11-13-5-10(15-11)9-4-14-16(3)7-9/h4-5,7-8,12H,6H2,1-3H3,(H,13,15). The van der Waals surface area contributed by atoms with E-state index in [0.717, 1.165) is 23.6 Å². The van der Waals surface area contributed by atoms with Crippen molar-refractivity contribution in [3.05, 3.63) is 24.4 Å². The molecule has 5 nitrogen and oxygen atoms in total. The highest BCUT2D eigenvalue weighted by Gasteiger charge is 2.05. The van der Waals surface area contributed by atoms with E-state index >= 15 is 0 Å². The maximum absolute atomic E-state index is 4.32. The van der Waals surface area contributed by atoms with Crippen molar-refractivity contribution in [2.75, 3.05) is 0 Å². The van der Waals surface area contributed by atoms with Crippen LogP contribution in [0.25, 0.3) is 11.3 Å². The molecule has 2 heterocycles. The Hall–Kier alpha value is -1.62. The van der Waals surface area contributed by atoms with Crippen LogP contribution in [-0.4, -0.2) is 25.8 Å². The van der Waals surface area contributed by atoms with Gasteiger partial charge >= 0.3 is 0 Å². The number of hydrogen-bond donors (Lipinski definition) is 2. The fourth-order valence-electron chi connectivity index (χ4n) is 1.46. The first-order valence-corrected chi connectivity index (χ1v) is 5.41. The quantitative estimate of drug-likeness (QED) is 0.815. The number of imidazole rings is 1. The van der Waals surface area contributed by atoms with Crippen molar-refractivity contribution in [1.82, 2.24) is 25.1 Å². The predicted molar refractivity (Wildman–Crippen MR) is 62.8 cm³/mol. The molecule has 0 atom stereocenters. The van der Waals surface area contributed by atoms with Crippen molar-refractivity contribution in [2.24, 2.45) is 7.05 Å². The molecule has 86 valence electrons. The summed E-state index contributed by atoms with van der Waals surface area (Å²) in [7, 11) is 1.90. The average molecular weight is 219 g/mol. The third-order valence-corrected chi connectivity index (χ3v) is 2.32. The summed E-state index contributed by atoms with van der Waals surface area (Å²) in [6.45, 7) is 4.99. The van der Waals surface area contributed by atoms with E-state index in [9.17, 15) is 0 Å². The molecule has 0 saturated carbocycles. The molecule has 2 rings (SSSR count). The van der Waals surface area contributed by atoms with Crippen LogP contribution in [0.5, 0.6) is 0 Å². The van der Waals surface area contributed by atoms with Gasteiger partial charge in [0.05, 0.1) is 24.6 Å². The Morgan fingerprint density at radius 3 is 2.88 bits per heavy atom. The van der Waals surface area contributed by atoms with Crippen LogP contribution < -0.4 is 5.32 Å². The van der Waals surface area contributed by atoms with Crippen molar-refractivity contribution < 1.29 is 0 Å². The second kappa shape index (κ2) is 4.49. The van der Waals surface area contributed by atoms with Gasteiger partial charge in [-0.2, -0.15) is 5.10 Å². The minimum Gasteiger partial charge on any atom is -0.341 e. The summed E-state index contributed by atoms with van der Waals surface area (Å²) < 4.78 is 1.78. The summed E-state index contributed by atoms with van der Waals surface area (Å²) in [6, 6.07) is 0.465. The Morgan fingerprint density at radius 2 is 2.25 bits per heavy atom. The van der Waals surface area contributed by atoms with E-state index < -0.39 is 0 Å². The highest BCUT2D eigenvalue weighted by Crippen LogP contribution is 2.15. The molecule has 0 radical (unpaired) electrons. The Bertz CT molecular complexity index is 454. The van der Waals surface area contributed by atoms with Crippen molar-refractivity contribution in [3.8, 4) is 11.3 Å². The first-order chi connectivity index (χ1) is 7.65. The van der Waals surface area contributed by atoms with Gasteiger partial charge in [-0.3, -0.25) is 4.68 Å². The first-order valence-electron chi connectivity index (χ1n) is 5.41. The zero-order valence-corrected chi connectivity index (χ0v) is 9.86. The monoisotopic (exact) mass is 219 g/mol. The molecule has 0 aliphatic carbocycles. The molecule has 2 N–H and O–H groups in total. The Labute approximate surface area is 94.9 Å². The van der Waals surface area contributed by atoms with Crippen molar-refractivity contribution in [2.45, 2.75) is 26.4 Å². The van der Waals surface area contributed by atoms with E-state index in [1.165, 1.54) is 0 Å². The molecule has 0 unspecified atom stereocenters. The summed E-state index contributed by atoms with van der Waals surface area (Å²) in [4.78, 5) is 7.59. The van der Waals surface area contributed by atoms with Gasteiger partial charge in [-0.1, -0.05) is 13.8 Å². The van der Waals surface area contributed by atoms with Crippen LogP contribution >= 0.6 is 0 Å². The molecule has 0 aliphatic rings. The van der Waals surface area contributed by atoms with Gasteiger partial charge in [0.15, 0.2) is 0 Å². The number of aromatic nitrogens is 4. The highest BCUT2D eigenvalue weighted by molar-refractivity contribution is 5.55. The fourth-order valence-corrected chi connectivity index (χ4v) is 1.46. The fraction of sp³-hybridized carbons (Fsp3) is 0.455. The lowest BCUT2D eigenvalue weighted by Gasteiger charge is -2.04. The molecule has 0 bridgehead atoms. The molecular weight excluding hydrogens is 202 g/mol. The molecule has 0 spiro atoms. The lowest BCUT2D eigenvalue weighted by molar-refractivity contribution is 0.575. The second-order valence-electron chi connectivity index (χ2n) is 4.18. The number of aromatic amines is 1. The summed E-state index contributed by atoms with van der Waals surface area (Å²) in [5.41, 5.74) is 2.07. The highest BCUT2D eigenvalue weighted by atomic mass is 15.2. The maximum Gasteiger partial charge on any atom is 0.120 e. The molecule has 2 aromatic heterocycles. The number of hydrogen-bond acceptors (Lipinski definition) is 3. The smallest absolute Gasteiger partial charge is 0.120 e. The predicted octanol–water partition coefficient (Wildman–Crippen LogP) is 1.31. The van der Waals surface area contributed by atoms with E-state index in [-0.39, 0.29) is 0 Å². The molecular formula is C11H17N5. The molecule has 0 saturated heterocycles. The van der Waals surface area contributed by atoms with E-state index in [0.29, 0.717) is 6.04 Å². The van der Waals surface area contributed by atoms with Crippen LogP contribution in [0.15, 0.2) is 18.6 Å². The van der Waals surface area contributed by atoms with Crippen molar-refractivity contribution >= 4 is 0 Å². The summed E-state index contributed by atoms with van der Waals surface area (Å²) >= 11 is 0. The summed E-state index contributed by atoms with van der Waals surface area (Å²) in [5, 5.41) is 7.45. The van der Waals surface area contributed by atoms with E-state index in [2.05, 4.69) is 34.2 Å². The van der Waals surface area contributed by atoms with E-state index in [1.807, 2.05) is 25.6 Å². The van der Waals surface area contributed by atoms with Crippen LogP contribution in [0.3, 0.4) is 0 Å². The van der Waals surface area contributed by atoms with Gasteiger partial charge < -0.3 is 10.3 Å². The zero-order valence-electron chi connectivity index (χ0n) is 9.86. The van der Waals surface area contributed by atoms with Gasteiger partial charge in [0.25, 0.3) is 0 Å². The first kappa shape index (κ1) is 10.9. The summed E-state index contributed by atoms with van der Waals surface area (Å²) in [6.07, 6.45) is 5.63. The van der Waals surface area contributed by atoms with Gasteiger partial charge in [-0.15, -0.1) is 0 Å². The Kier molecular flexibility index (Phi) is 3.05. The van der Waals surface area contributed by atoms with Crippen LogP contribution in [0.1, 0.15) is 19.7 Å². The lowest BCUT2D eigenvalue weighted by atomic mass is 10.3. The van der Waals surface area contributed by atoms with Crippen LogP contribution in [0.4, 0.5) is 0 Å². The summed E-state index contributed by atoms with van der Waals surface area (Å²) in [5.74, 6) is 0.951. The number of nitrogens with one attached hydrogen (secondary N) is 2. The molecule has 2 aromatic rings. The molecule has 0 aromatic carbocycles. The lowest BCUT2D eigenvalue weighted by Crippen LogP contribution is -2.22. The SMILES string of the molecule is CC(C)NCc1ncc(-c2cnn(C)c2)[nH]1. The Morgan fingerprint density at radius 1 is 1.44 bits per heavy atom.